The van der Waals surface area contributed by atoms with Gasteiger partial charge in [-0.2, -0.15) is 11.8 Å². The number of rotatable bonds is 2. The first kappa shape index (κ1) is 12.5. The van der Waals surface area contributed by atoms with Crippen LogP contribution in [-0.4, -0.2) is 46.4 Å². The van der Waals surface area contributed by atoms with Crippen molar-refractivity contribution in [2.24, 2.45) is 22.2 Å². The second kappa shape index (κ2) is 4.76. The summed E-state index contributed by atoms with van der Waals surface area (Å²) in [5.74, 6) is 2.56. The summed E-state index contributed by atoms with van der Waals surface area (Å²) >= 11 is 1.86. The van der Waals surface area contributed by atoms with E-state index in [0.29, 0.717) is 18.8 Å². The van der Waals surface area contributed by atoms with Crippen molar-refractivity contribution in [1.82, 2.24) is 4.90 Å². The van der Waals surface area contributed by atoms with Crippen molar-refractivity contribution in [1.29, 1.82) is 0 Å². The lowest BCUT2D eigenvalue weighted by Crippen LogP contribution is -2.58. The molecular formula is C11H19N3O2S. The van der Waals surface area contributed by atoms with Gasteiger partial charge in [0.1, 0.15) is 5.41 Å². The Morgan fingerprint density at radius 3 is 2.53 bits per heavy atom. The van der Waals surface area contributed by atoms with Crippen LogP contribution in [0.2, 0.25) is 0 Å². The number of amidine groups is 1. The summed E-state index contributed by atoms with van der Waals surface area (Å²) in [5.41, 5.74) is 5.00. The second-order valence-electron chi connectivity index (χ2n) is 4.99. The third-order valence-corrected chi connectivity index (χ3v) is 4.64. The number of nitrogens with zero attached hydrogens (tertiary/aromatic N) is 2. The molecule has 1 saturated carbocycles. The first-order valence-corrected chi connectivity index (χ1v) is 7.11. The number of hydrogen-bond acceptors (Lipinski definition) is 4. The predicted molar refractivity (Wildman–Crippen MR) is 68.1 cm³/mol. The minimum atomic E-state index is -0.726. The topological polar surface area (TPSA) is 78.9 Å². The van der Waals surface area contributed by atoms with Crippen molar-refractivity contribution in [2.45, 2.75) is 19.8 Å². The molecule has 2 fully saturated rings. The van der Waals surface area contributed by atoms with Crippen LogP contribution in [-0.2, 0) is 4.79 Å². The van der Waals surface area contributed by atoms with Crippen molar-refractivity contribution in [3.8, 4) is 0 Å². The summed E-state index contributed by atoms with van der Waals surface area (Å²) in [4.78, 5) is 14.4. The van der Waals surface area contributed by atoms with Gasteiger partial charge in [-0.05, 0) is 18.8 Å². The van der Waals surface area contributed by atoms with Gasteiger partial charge in [-0.1, -0.05) is 12.1 Å². The zero-order chi connectivity index (χ0) is 12.5. The Hall–Kier alpha value is -0.910. The minimum absolute atomic E-state index is 0.0474. The Labute approximate surface area is 105 Å². The fraction of sp³-hybridized carbons (Fsp3) is 0.818. The molecule has 0 spiro atoms. The van der Waals surface area contributed by atoms with Gasteiger partial charge in [-0.3, -0.25) is 4.79 Å². The van der Waals surface area contributed by atoms with E-state index < -0.39 is 5.41 Å². The molecule has 2 aliphatic rings. The Morgan fingerprint density at radius 1 is 1.47 bits per heavy atom. The summed E-state index contributed by atoms with van der Waals surface area (Å²) in [6.45, 7) is 3.64. The van der Waals surface area contributed by atoms with Crippen LogP contribution < -0.4 is 5.73 Å². The highest BCUT2D eigenvalue weighted by molar-refractivity contribution is 7.99. The summed E-state index contributed by atoms with van der Waals surface area (Å²) in [6, 6.07) is 0. The molecule has 6 heteroatoms. The van der Waals surface area contributed by atoms with E-state index in [4.69, 9.17) is 10.9 Å². The Morgan fingerprint density at radius 2 is 2.06 bits per heavy atom. The van der Waals surface area contributed by atoms with Crippen LogP contribution in [0.1, 0.15) is 19.8 Å². The molecule has 2 rings (SSSR count). The van der Waals surface area contributed by atoms with Gasteiger partial charge in [0.15, 0.2) is 5.84 Å². The Kier molecular flexibility index (Phi) is 3.51. The largest absolute Gasteiger partial charge is 0.409 e. The molecule has 0 bridgehead atoms. The fourth-order valence-electron chi connectivity index (χ4n) is 2.79. The lowest BCUT2D eigenvalue weighted by atomic mass is 9.61. The number of nitrogens with two attached hydrogens (primary N) is 1. The lowest BCUT2D eigenvalue weighted by Gasteiger charge is -2.46. The molecule has 1 saturated heterocycles. The minimum Gasteiger partial charge on any atom is -0.409 e. The van der Waals surface area contributed by atoms with Gasteiger partial charge in [-0.15, -0.1) is 0 Å². The molecule has 5 nitrogen and oxygen atoms in total. The molecule has 0 aromatic carbocycles. The molecule has 0 atom stereocenters. The molecule has 0 aromatic heterocycles. The number of carbonyl (C=O) groups excluding carboxylic acids is 1. The van der Waals surface area contributed by atoms with Crippen molar-refractivity contribution in [3.63, 3.8) is 0 Å². The molecule has 1 amide bonds. The molecule has 0 aromatic rings. The van der Waals surface area contributed by atoms with Gasteiger partial charge in [-0.25, -0.2) is 0 Å². The van der Waals surface area contributed by atoms with Crippen LogP contribution in [0.5, 0.6) is 0 Å². The van der Waals surface area contributed by atoms with Gasteiger partial charge >= 0.3 is 0 Å². The molecule has 0 unspecified atom stereocenters. The van der Waals surface area contributed by atoms with Gasteiger partial charge in [0, 0.05) is 24.6 Å². The third-order valence-electron chi connectivity index (χ3n) is 3.70. The van der Waals surface area contributed by atoms with E-state index >= 15 is 0 Å². The first-order chi connectivity index (χ1) is 8.10. The Bertz CT molecular complexity index is 334. The number of hydrogen-bond donors (Lipinski definition) is 2. The average Bonchev–Trinajstić information content (AvgIpc) is 2.34. The number of oxime groups is 1. The second-order valence-corrected chi connectivity index (χ2v) is 6.21. The smallest absolute Gasteiger partial charge is 0.236 e. The van der Waals surface area contributed by atoms with Crippen LogP contribution in [0.25, 0.3) is 0 Å². The van der Waals surface area contributed by atoms with E-state index in [2.05, 4.69) is 12.1 Å². The van der Waals surface area contributed by atoms with Crippen LogP contribution in [0.4, 0.5) is 0 Å². The van der Waals surface area contributed by atoms with E-state index in [1.807, 2.05) is 16.7 Å². The van der Waals surface area contributed by atoms with E-state index in [1.54, 1.807) is 0 Å². The lowest BCUT2D eigenvalue weighted by molar-refractivity contribution is -0.144. The molecular weight excluding hydrogens is 238 g/mol. The SMILES string of the molecule is CC1CC(C(=O)N2CCSCC2)(C(N)=NO)C1. The highest BCUT2D eigenvalue weighted by Crippen LogP contribution is 2.47. The summed E-state index contributed by atoms with van der Waals surface area (Å²) < 4.78 is 0. The monoisotopic (exact) mass is 257 g/mol. The number of carbonyl (C=O) groups is 1. The molecule has 0 radical (unpaired) electrons. The standard InChI is InChI=1S/C11H19N3O2S/c1-8-6-11(7-8,9(12)13-16)10(15)14-2-4-17-5-3-14/h8,16H,2-7H2,1H3,(H2,12,13). The van der Waals surface area contributed by atoms with E-state index in [-0.39, 0.29) is 11.7 Å². The van der Waals surface area contributed by atoms with Crippen molar-refractivity contribution < 1.29 is 10.0 Å². The molecule has 96 valence electrons. The predicted octanol–water partition coefficient (Wildman–Crippen LogP) is 0.725. The fourth-order valence-corrected chi connectivity index (χ4v) is 3.69. The zero-order valence-electron chi connectivity index (χ0n) is 10.1. The maximum atomic E-state index is 12.5. The summed E-state index contributed by atoms with van der Waals surface area (Å²) in [7, 11) is 0. The van der Waals surface area contributed by atoms with E-state index in [0.717, 1.165) is 24.6 Å². The molecule has 1 heterocycles. The van der Waals surface area contributed by atoms with Gasteiger partial charge < -0.3 is 15.8 Å². The molecule has 1 aliphatic heterocycles. The van der Waals surface area contributed by atoms with Crippen molar-refractivity contribution in [2.75, 3.05) is 24.6 Å². The quantitative estimate of drug-likeness (QED) is 0.331. The highest BCUT2D eigenvalue weighted by atomic mass is 32.2. The van der Waals surface area contributed by atoms with Gasteiger partial charge in [0.05, 0.1) is 0 Å². The highest BCUT2D eigenvalue weighted by Gasteiger charge is 2.53. The Balaban J connectivity index is 2.14. The van der Waals surface area contributed by atoms with Gasteiger partial charge in [0.2, 0.25) is 5.91 Å². The van der Waals surface area contributed by atoms with Crippen molar-refractivity contribution in [3.05, 3.63) is 0 Å². The van der Waals surface area contributed by atoms with E-state index in [1.165, 1.54) is 0 Å². The zero-order valence-corrected chi connectivity index (χ0v) is 10.9. The van der Waals surface area contributed by atoms with Crippen LogP contribution >= 0.6 is 11.8 Å². The number of thioether (sulfide) groups is 1. The van der Waals surface area contributed by atoms with Crippen LogP contribution in [0.15, 0.2) is 5.16 Å². The summed E-state index contributed by atoms with van der Waals surface area (Å²) in [6.07, 6.45) is 1.40. The average molecular weight is 257 g/mol. The molecule has 17 heavy (non-hydrogen) atoms. The van der Waals surface area contributed by atoms with Crippen molar-refractivity contribution >= 4 is 23.5 Å². The maximum Gasteiger partial charge on any atom is 0.236 e. The van der Waals surface area contributed by atoms with E-state index in [9.17, 15) is 4.79 Å². The maximum absolute atomic E-state index is 12.5. The number of amides is 1. The van der Waals surface area contributed by atoms with Crippen LogP contribution in [0, 0.1) is 11.3 Å². The summed E-state index contributed by atoms with van der Waals surface area (Å²) in [5, 5.41) is 11.9. The molecule has 1 aliphatic carbocycles. The first-order valence-electron chi connectivity index (χ1n) is 5.95. The third kappa shape index (κ3) is 2.10. The normalized spacial score (nSPS) is 34.3. The van der Waals surface area contributed by atoms with Gasteiger partial charge in [0.25, 0.3) is 0 Å². The van der Waals surface area contributed by atoms with Crippen LogP contribution in [0.3, 0.4) is 0 Å². The molecule has 3 N–H and O–H groups in total.